The molecule has 0 aromatic carbocycles. The summed E-state index contributed by atoms with van der Waals surface area (Å²) in [5, 5.41) is 0. The summed E-state index contributed by atoms with van der Waals surface area (Å²) >= 11 is 0. The van der Waals surface area contributed by atoms with Crippen LogP contribution in [0.15, 0.2) is 12.2 Å². The van der Waals surface area contributed by atoms with Gasteiger partial charge >= 0.3 is 5.97 Å². The van der Waals surface area contributed by atoms with Crippen LogP contribution in [0.5, 0.6) is 0 Å². The smallest absolute Gasteiger partial charge is 0.333 e. The number of carbonyl (C=O) groups is 1. The van der Waals surface area contributed by atoms with Gasteiger partial charge in [0.2, 0.25) is 0 Å². The number of carbonyl (C=O) groups excluding carboxylic acids is 1. The topological polar surface area (TPSA) is 26.3 Å². The molecule has 0 aliphatic heterocycles. The van der Waals surface area contributed by atoms with Gasteiger partial charge in [-0.3, -0.25) is 0 Å². The molecule has 2 nitrogen and oxygen atoms in total. The maximum atomic E-state index is 10.8. The molecule has 11 heavy (non-hydrogen) atoms. The van der Waals surface area contributed by atoms with E-state index in [1.807, 2.05) is 6.42 Å². The fraction of sp³-hybridized carbons (Fsp3) is 0.556. The van der Waals surface area contributed by atoms with E-state index < -0.39 is 0 Å². The van der Waals surface area contributed by atoms with Gasteiger partial charge in [0, 0.05) is 5.57 Å². The second kappa shape index (κ2) is 5.96. The monoisotopic (exact) mass is 155 g/mol. The lowest BCUT2D eigenvalue weighted by molar-refractivity contribution is -0.138. The molecule has 0 aliphatic carbocycles. The first-order valence-corrected chi connectivity index (χ1v) is 3.82. The first-order chi connectivity index (χ1) is 5.18. The molecule has 0 fully saturated rings. The summed E-state index contributed by atoms with van der Waals surface area (Å²) in [6.45, 7) is 7.59. The summed E-state index contributed by atoms with van der Waals surface area (Å²) in [7, 11) is 0. The number of esters is 1. The molecule has 0 saturated heterocycles. The summed E-state index contributed by atoms with van der Waals surface area (Å²) in [6.07, 6.45) is 4.02. The van der Waals surface area contributed by atoms with E-state index in [0.717, 1.165) is 12.8 Å². The maximum absolute atomic E-state index is 10.8. The first-order valence-electron chi connectivity index (χ1n) is 3.82. The van der Waals surface area contributed by atoms with Crippen LogP contribution in [0, 0.1) is 6.42 Å². The Labute approximate surface area is 68.2 Å². The van der Waals surface area contributed by atoms with Crippen molar-refractivity contribution in [2.75, 3.05) is 6.61 Å². The number of hydrogen-bond acceptors (Lipinski definition) is 2. The Hall–Kier alpha value is -0.790. The number of hydrogen-bond donors (Lipinski definition) is 0. The highest BCUT2D eigenvalue weighted by Gasteiger charge is 2.00. The van der Waals surface area contributed by atoms with Gasteiger partial charge in [0.05, 0.1) is 6.61 Å². The average molecular weight is 155 g/mol. The van der Waals surface area contributed by atoms with Crippen LogP contribution in [0.4, 0.5) is 0 Å². The van der Waals surface area contributed by atoms with Crippen LogP contribution in [0.3, 0.4) is 0 Å². The zero-order valence-corrected chi connectivity index (χ0v) is 7.22. The van der Waals surface area contributed by atoms with Crippen molar-refractivity contribution in [2.45, 2.75) is 26.7 Å². The lowest BCUT2D eigenvalue weighted by Crippen LogP contribution is -2.06. The number of ether oxygens (including phenoxy) is 1. The Morgan fingerprint density at radius 1 is 1.64 bits per heavy atom. The highest BCUT2D eigenvalue weighted by Crippen LogP contribution is 1.96. The molecule has 2 heteroatoms. The molecule has 1 radical (unpaired) electrons. The summed E-state index contributed by atoms with van der Waals surface area (Å²) in [5.41, 5.74) is 0.454. The zero-order chi connectivity index (χ0) is 8.69. The predicted molar refractivity (Wildman–Crippen MR) is 45.0 cm³/mol. The molecule has 0 atom stereocenters. The minimum absolute atomic E-state index is 0.308. The third kappa shape index (κ3) is 5.64. The Morgan fingerprint density at radius 3 is 2.73 bits per heavy atom. The average Bonchev–Trinajstić information content (AvgIpc) is 1.97. The van der Waals surface area contributed by atoms with Crippen LogP contribution >= 0.6 is 0 Å². The van der Waals surface area contributed by atoms with E-state index in [1.165, 1.54) is 0 Å². The van der Waals surface area contributed by atoms with Crippen molar-refractivity contribution < 1.29 is 9.53 Å². The van der Waals surface area contributed by atoms with Gasteiger partial charge in [-0.15, -0.1) is 0 Å². The van der Waals surface area contributed by atoms with Crippen LogP contribution in [-0.4, -0.2) is 12.6 Å². The maximum Gasteiger partial charge on any atom is 0.333 e. The second-order valence-corrected chi connectivity index (χ2v) is 2.46. The summed E-state index contributed by atoms with van der Waals surface area (Å²) in [4.78, 5) is 10.8. The first kappa shape index (κ1) is 10.2. The highest BCUT2D eigenvalue weighted by atomic mass is 16.5. The number of rotatable bonds is 5. The SMILES string of the molecule is C=C(C)C(=O)OC[CH]CCC. The molecule has 0 saturated carbocycles. The van der Waals surface area contributed by atoms with E-state index in [2.05, 4.69) is 13.5 Å². The molecule has 0 spiro atoms. The molecule has 63 valence electrons. The molecule has 0 heterocycles. The molecular formula is C9H15O2. The van der Waals surface area contributed by atoms with Crippen LogP contribution < -0.4 is 0 Å². The highest BCUT2D eigenvalue weighted by molar-refractivity contribution is 5.86. The van der Waals surface area contributed by atoms with Crippen LogP contribution in [0.1, 0.15) is 26.7 Å². The normalized spacial score (nSPS) is 9.27. The van der Waals surface area contributed by atoms with Crippen LogP contribution in [0.25, 0.3) is 0 Å². The van der Waals surface area contributed by atoms with E-state index in [4.69, 9.17) is 4.74 Å². The van der Waals surface area contributed by atoms with Gasteiger partial charge in [0.25, 0.3) is 0 Å². The van der Waals surface area contributed by atoms with E-state index >= 15 is 0 Å². The summed E-state index contributed by atoms with van der Waals surface area (Å²) < 4.78 is 4.81. The zero-order valence-electron chi connectivity index (χ0n) is 7.22. The molecular weight excluding hydrogens is 140 g/mol. The van der Waals surface area contributed by atoms with Crippen molar-refractivity contribution in [3.05, 3.63) is 18.6 Å². The second-order valence-electron chi connectivity index (χ2n) is 2.46. The molecule has 0 N–H and O–H groups in total. The molecule has 0 aliphatic rings. The predicted octanol–water partition coefficient (Wildman–Crippen LogP) is 2.11. The molecule has 0 rings (SSSR count). The van der Waals surface area contributed by atoms with Crippen molar-refractivity contribution in [1.82, 2.24) is 0 Å². The molecule has 0 unspecified atom stereocenters. The fourth-order valence-electron chi connectivity index (χ4n) is 0.545. The Bertz CT molecular complexity index is 138. The Morgan fingerprint density at radius 2 is 2.27 bits per heavy atom. The molecule has 0 bridgehead atoms. The molecule has 0 amide bonds. The van der Waals surface area contributed by atoms with Gasteiger partial charge in [-0.1, -0.05) is 19.9 Å². The lowest BCUT2D eigenvalue weighted by atomic mass is 10.3. The third-order valence-electron chi connectivity index (χ3n) is 1.17. The third-order valence-corrected chi connectivity index (χ3v) is 1.17. The lowest BCUT2D eigenvalue weighted by Gasteiger charge is -2.01. The van der Waals surface area contributed by atoms with Gasteiger partial charge in [-0.25, -0.2) is 4.79 Å². The van der Waals surface area contributed by atoms with Crippen molar-refractivity contribution in [3.63, 3.8) is 0 Å². The fourth-order valence-corrected chi connectivity index (χ4v) is 0.545. The van der Waals surface area contributed by atoms with Gasteiger partial charge in [-0.2, -0.15) is 0 Å². The largest absolute Gasteiger partial charge is 0.462 e. The molecule has 0 aromatic rings. The Balaban J connectivity index is 3.25. The van der Waals surface area contributed by atoms with Gasteiger partial charge in [0.1, 0.15) is 0 Å². The van der Waals surface area contributed by atoms with E-state index in [1.54, 1.807) is 6.92 Å². The summed E-state index contributed by atoms with van der Waals surface area (Å²) in [5.74, 6) is -0.308. The van der Waals surface area contributed by atoms with Crippen molar-refractivity contribution >= 4 is 5.97 Å². The number of unbranched alkanes of at least 4 members (excludes halogenated alkanes) is 2. The van der Waals surface area contributed by atoms with Gasteiger partial charge in [-0.05, 0) is 19.8 Å². The van der Waals surface area contributed by atoms with Gasteiger partial charge < -0.3 is 4.74 Å². The van der Waals surface area contributed by atoms with E-state index in [0.29, 0.717) is 12.2 Å². The van der Waals surface area contributed by atoms with E-state index in [-0.39, 0.29) is 5.97 Å². The van der Waals surface area contributed by atoms with Gasteiger partial charge in [0.15, 0.2) is 0 Å². The standard InChI is InChI=1S/C9H15O2/c1-4-5-6-7-11-9(10)8(2)3/h6H,2,4-5,7H2,1,3H3. The van der Waals surface area contributed by atoms with Crippen molar-refractivity contribution in [2.24, 2.45) is 0 Å². The molecule has 0 aromatic heterocycles. The quantitative estimate of drug-likeness (QED) is 0.345. The van der Waals surface area contributed by atoms with Crippen molar-refractivity contribution in [3.8, 4) is 0 Å². The Kier molecular flexibility index (Phi) is 5.53. The minimum atomic E-state index is -0.308. The minimum Gasteiger partial charge on any atom is -0.462 e. The van der Waals surface area contributed by atoms with Crippen molar-refractivity contribution in [1.29, 1.82) is 0 Å². The van der Waals surface area contributed by atoms with E-state index in [9.17, 15) is 4.79 Å². The summed E-state index contributed by atoms with van der Waals surface area (Å²) in [6, 6.07) is 0. The van der Waals surface area contributed by atoms with Crippen LogP contribution in [-0.2, 0) is 9.53 Å². The van der Waals surface area contributed by atoms with Crippen LogP contribution in [0.2, 0.25) is 0 Å².